The highest BCUT2D eigenvalue weighted by Crippen LogP contribution is 2.32. The molecule has 146 valence electrons. The number of carbonyl (C=O) groups is 1. The van der Waals surface area contributed by atoms with E-state index in [-0.39, 0.29) is 11.6 Å². The summed E-state index contributed by atoms with van der Waals surface area (Å²) in [4.78, 5) is 37.2. The van der Waals surface area contributed by atoms with Gasteiger partial charge in [-0.1, -0.05) is 0 Å². The Bertz CT molecular complexity index is 1330. The van der Waals surface area contributed by atoms with Crippen LogP contribution in [0.5, 0.6) is 0 Å². The summed E-state index contributed by atoms with van der Waals surface area (Å²) in [5, 5.41) is 0.644. The van der Waals surface area contributed by atoms with Crippen molar-refractivity contribution in [2.24, 2.45) is 0 Å². The maximum Gasteiger partial charge on any atom is 0.276 e. The van der Waals surface area contributed by atoms with Crippen molar-refractivity contribution in [3.8, 4) is 11.4 Å². The van der Waals surface area contributed by atoms with Gasteiger partial charge in [0.05, 0.1) is 22.4 Å². The average molecular weight is 391 g/mol. The largest absolute Gasteiger partial charge is 0.396 e. The van der Waals surface area contributed by atoms with Gasteiger partial charge in [0.15, 0.2) is 5.69 Å². The second-order valence-electron chi connectivity index (χ2n) is 7.25. The van der Waals surface area contributed by atoms with Gasteiger partial charge >= 0.3 is 0 Å². The fourth-order valence-corrected chi connectivity index (χ4v) is 3.86. The summed E-state index contributed by atoms with van der Waals surface area (Å²) in [7, 11) is 0. The fraction of sp³-hybridized carbons (Fsp3) is 0.190. The van der Waals surface area contributed by atoms with Crippen molar-refractivity contribution in [3.05, 3.63) is 58.1 Å². The molecule has 0 bridgehead atoms. The van der Waals surface area contributed by atoms with Crippen molar-refractivity contribution in [1.82, 2.24) is 19.9 Å². The number of H-pyrrole nitrogens is 2. The van der Waals surface area contributed by atoms with Crippen LogP contribution in [-0.4, -0.2) is 38.8 Å². The lowest BCUT2D eigenvalue weighted by Gasteiger charge is -2.15. The molecule has 4 N–H and O–H groups in total. The first-order chi connectivity index (χ1) is 14.0. The Morgan fingerprint density at radius 1 is 1.07 bits per heavy atom. The number of hydrogen-bond donors (Lipinski definition) is 3. The number of amides is 1. The van der Waals surface area contributed by atoms with E-state index >= 15 is 0 Å². The van der Waals surface area contributed by atoms with Gasteiger partial charge in [0.25, 0.3) is 11.5 Å². The van der Waals surface area contributed by atoms with Crippen molar-refractivity contribution in [1.29, 1.82) is 0 Å². The summed E-state index contributed by atoms with van der Waals surface area (Å²) >= 11 is 0. The van der Waals surface area contributed by atoms with Crippen LogP contribution < -0.4 is 11.3 Å². The Morgan fingerprint density at radius 2 is 1.83 bits per heavy atom. The predicted molar refractivity (Wildman–Crippen MR) is 109 cm³/mol. The zero-order valence-electron chi connectivity index (χ0n) is 15.5. The highest BCUT2D eigenvalue weighted by molar-refractivity contribution is 6.04. The quantitative estimate of drug-likeness (QED) is 0.488. The van der Waals surface area contributed by atoms with Gasteiger partial charge in [0, 0.05) is 35.6 Å². The molecule has 4 aromatic rings. The van der Waals surface area contributed by atoms with E-state index < -0.39 is 11.4 Å². The number of nitrogens with two attached hydrogens (primary N) is 1. The summed E-state index contributed by atoms with van der Waals surface area (Å²) in [5.74, 6) is -0.471. The average Bonchev–Trinajstić information content (AvgIpc) is 3.36. The molecule has 1 aliphatic heterocycles. The number of aromatic nitrogens is 3. The normalized spacial score (nSPS) is 14.2. The van der Waals surface area contributed by atoms with E-state index in [1.165, 1.54) is 18.2 Å². The molecule has 7 nitrogen and oxygen atoms in total. The Balaban J connectivity index is 1.63. The van der Waals surface area contributed by atoms with Crippen LogP contribution in [0.2, 0.25) is 0 Å². The number of hydrogen-bond acceptors (Lipinski definition) is 4. The van der Waals surface area contributed by atoms with Crippen LogP contribution in [-0.2, 0) is 0 Å². The first-order valence-electron chi connectivity index (χ1n) is 9.42. The summed E-state index contributed by atoms with van der Waals surface area (Å²) in [6.45, 7) is 1.52. The van der Waals surface area contributed by atoms with Gasteiger partial charge in [-0.2, -0.15) is 0 Å². The number of likely N-dealkylation sites (tertiary alicyclic amines) is 1. The van der Waals surface area contributed by atoms with Gasteiger partial charge in [-0.15, -0.1) is 0 Å². The molecular weight excluding hydrogens is 373 g/mol. The SMILES string of the molecule is Nc1c(-c2nc3cc(F)ccc3[nH]c2=O)[nH]c2ccc(C(=O)N3CCCC3)cc12. The van der Waals surface area contributed by atoms with Crippen molar-refractivity contribution in [2.75, 3.05) is 18.8 Å². The standard InChI is InChI=1S/C21H18FN5O2/c22-12-4-6-15-16(10-12)25-19(20(28)26-15)18-17(23)13-9-11(3-5-14(13)24-18)21(29)27-7-1-2-8-27/h3-6,9-10,24H,1-2,7-8,23H2,(H,26,28). The van der Waals surface area contributed by atoms with Gasteiger partial charge in [-0.05, 0) is 43.2 Å². The van der Waals surface area contributed by atoms with Gasteiger partial charge in [-0.25, -0.2) is 9.37 Å². The molecule has 5 rings (SSSR count). The topological polar surface area (TPSA) is 108 Å². The number of fused-ring (bicyclic) bond motifs is 2. The van der Waals surface area contributed by atoms with E-state index in [1.807, 2.05) is 4.90 Å². The number of rotatable bonds is 2. The maximum absolute atomic E-state index is 13.6. The third-order valence-corrected chi connectivity index (χ3v) is 5.37. The molecule has 0 atom stereocenters. The van der Waals surface area contributed by atoms with E-state index in [0.717, 1.165) is 25.9 Å². The lowest BCUT2D eigenvalue weighted by atomic mass is 10.1. The molecule has 0 spiro atoms. The van der Waals surface area contributed by atoms with Crippen LogP contribution in [0.4, 0.5) is 10.1 Å². The van der Waals surface area contributed by atoms with Crippen LogP contribution in [0.15, 0.2) is 41.2 Å². The molecule has 2 aromatic carbocycles. The minimum atomic E-state index is -0.447. The molecule has 29 heavy (non-hydrogen) atoms. The first-order valence-corrected chi connectivity index (χ1v) is 9.42. The zero-order chi connectivity index (χ0) is 20.1. The van der Waals surface area contributed by atoms with Crippen molar-refractivity contribution >= 4 is 33.5 Å². The third kappa shape index (κ3) is 2.84. The van der Waals surface area contributed by atoms with E-state index in [1.54, 1.807) is 18.2 Å². The third-order valence-electron chi connectivity index (χ3n) is 5.37. The highest BCUT2D eigenvalue weighted by atomic mass is 19.1. The number of nitrogens with zero attached hydrogens (tertiary/aromatic N) is 2. The summed E-state index contributed by atoms with van der Waals surface area (Å²) in [6, 6.07) is 9.23. The van der Waals surface area contributed by atoms with Gasteiger partial charge < -0.3 is 20.6 Å². The molecule has 1 aliphatic rings. The summed E-state index contributed by atoms with van der Waals surface area (Å²) in [6.07, 6.45) is 2.03. The van der Waals surface area contributed by atoms with Crippen LogP contribution in [0.1, 0.15) is 23.2 Å². The Morgan fingerprint density at radius 3 is 2.62 bits per heavy atom. The number of benzene rings is 2. The van der Waals surface area contributed by atoms with Crippen molar-refractivity contribution in [2.45, 2.75) is 12.8 Å². The second-order valence-corrected chi connectivity index (χ2v) is 7.25. The number of carbonyl (C=O) groups excluding carboxylic acids is 1. The number of halogens is 1. The summed E-state index contributed by atoms with van der Waals surface area (Å²) in [5.41, 5.74) is 8.63. The van der Waals surface area contributed by atoms with E-state index in [0.29, 0.717) is 38.9 Å². The molecule has 1 saturated heterocycles. The molecule has 0 aliphatic carbocycles. The van der Waals surface area contributed by atoms with Gasteiger partial charge in [-0.3, -0.25) is 9.59 Å². The number of nitrogens with one attached hydrogen (secondary N) is 2. The van der Waals surface area contributed by atoms with Gasteiger partial charge in [0.2, 0.25) is 0 Å². The molecule has 8 heteroatoms. The molecule has 2 aromatic heterocycles. The first kappa shape index (κ1) is 17.4. The van der Waals surface area contributed by atoms with E-state index in [4.69, 9.17) is 5.73 Å². The zero-order valence-corrected chi connectivity index (χ0v) is 15.5. The molecule has 0 saturated carbocycles. The van der Waals surface area contributed by atoms with Crippen molar-refractivity contribution in [3.63, 3.8) is 0 Å². The summed E-state index contributed by atoms with van der Waals surface area (Å²) < 4.78 is 13.6. The van der Waals surface area contributed by atoms with Crippen molar-refractivity contribution < 1.29 is 9.18 Å². The van der Waals surface area contributed by atoms with Crippen LogP contribution >= 0.6 is 0 Å². The van der Waals surface area contributed by atoms with E-state index in [9.17, 15) is 14.0 Å². The molecule has 0 radical (unpaired) electrons. The smallest absolute Gasteiger partial charge is 0.276 e. The van der Waals surface area contributed by atoms with Crippen LogP contribution in [0.3, 0.4) is 0 Å². The molecule has 0 unspecified atom stereocenters. The minimum absolute atomic E-state index is 0.0243. The molecule has 3 heterocycles. The number of anilines is 1. The maximum atomic E-state index is 13.6. The number of nitrogen functional groups attached to an aromatic ring is 1. The molecular formula is C21H18FN5O2. The lowest BCUT2D eigenvalue weighted by Crippen LogP contribution is -2.27. The molecule has 1 amide bonds. The Labute approximate surface area is 164 Å². The Kier molecular flexibility index (Phi) is 3.87. The van der Waals surface area contributed by atoms with Crippen LogP contribution in [0, 0.1) is 5.82 Å². The lowest BCUT2D eigenvalue weighted by molar-refractivity contribution is 0.0793. The highest BCUT2D eigenvalue weighted by Gasteiger charge is 2.21. The van der Waals surface area contributed by atoms with Crippen LogP contribution in [0.25, 0.3) is 33.3 Å². The fourth-order valence-electron chi connectivity index (χ4n) is 3.86. The Hall–Kier alpha value is -3.68. The molecule has 1 fully saturated rings. The monoisotopic (exact) mass is 391 g/mol. The predicted octanol–water partition coefficient (Wildman–Crippen LogP) is 3.03. The van der Waals surface area contributed by atoms with Gasteiger partial charge in [0.1, 0.15) is 5.82 Å². The minimum Gasteiger partial charge on any atom is -0.396 e. The second kappa shape index (κ2) is 6.44. The van der Waals surface area contributed by atoms with E-state index in [2.05, 4.69) is 15.0 Å². The number of aromatic amines is 2.